The number of nitrogens with one attached hydrogen (secondary N) is 3. The van der Waals surface area contributed by atoms with Gasteiger partial charge in [-0.3, -0.25) is 15.6 Å². The summed E-state index contributed by atoms with van der Waals surface area (Å²) in [6.07, 6.45) is -0.831. The number of rotatable bonds is 4. The summed E-state index contributed by atoms with van der Waals surface area (Å²) in [6, 6.07) is 45.6. The minimum atomic E-state index is -0.820. The van der Waals surface area contributed by atoms with Crippen molar-refractivity contribution in [1.29, 1.82) is 10.5 Å². The zero-order valence-electron chi connectivity index (χ0n) is 26.3. The molecule has 0 amide bonds. The van der Waals surface area contributed by atoms with Crippen molar-refractivity contribution >= 4 is 5.96 Å². The number of benzene rings is 4. The van der Waals surface area contributed by atoms with Crippen LogP contribution in [0, 0.1) is 22.7 Å². The number of guanidine groups is 1. The van der Waals surface area contributed by atoms with Gasteiger partial charge in [-0.25, -0.2) is 0 Å². The van der Waals surface area contributed by atoms with E-state index in [1.807, 2.05) is 45.2 Å². The average molecular weight is 622 g/mol. The Hall–Kier alpha value is -4.66. The summed E-state index contributed by atoms with van der Waals surface area (Å²) < 4.78 is 14.0. The third kappa shape index (κ3) is 6.87. The molecule has 6 rings (SSSR count). The van der Waals surface area contributed by atoms with Gasteiger partial charge in [-0.2, -0.15) is 10.5 Å². The summed E-state index contributed by atoms with van der Waals surface area (Å²) in [4.78, 5) is 3.43. The fraction of sp³-hybridized carbons (Fsp3) is 0.270. The molecular weight excluding hydrogens is 582 g/mol. The SMILES string of the molecule is CC#N.CC#N.C[NH+]=C1NC(c2ccccc2)(c2ccccc2)[C@@H]2OC(C)(C)O[C@H]2C(c2ccccc2)(c2ccccc2)N1.[Cl-]. The zero-order chi connectivity index (χ0) is 31.6. The van der Waals surface area contributed by atoms with Gasteiger partial charge < -0.3 is 21.9 Å². The van der Waals surface area contributed by atoms with E-state index in [1.54, 1.807) is 12.1 Å². The molecule has 0 bridgehead atoms. The van der Waals surface area contributed by atoms with E-state index in [2.05, 4.69) is 113 Å². The van der Waals surface area contributed by atoms with Crippen molar-refractivity contribution in [3.05, 3.63) is 144 Å². The normalized spacial score (nSPS) is 19.7. The Morgan fingerprint density at radius 1 is 0.578 bits per heavy atom. The molecule has 232 valence electrons. The first-order valence-corrected chi connectivity index (χ1v) is 14.6. The van der Waals surface area contributed by atoms with Crippen LogP contribution in [0.4, 0.5) is 0 Å². The maximum absolute atomic E-state index is 7.32. The Labute approximate surface area is 273 Å². The third-order valence-corrected chi connectivity index (χ3v) is 7.76. The molecule has 7 nitrogen and oxygen atoms in total. The molecule has 0 aromatic heterocycles. The Morgan fingerprint density at radius 2 is 0.822 bits per heavy atom. The molecule has 45 heavy (non-hydrogen) atoms. The van der Waals surface area contributed by atoms with Crippen molar-refractivity contribution in [1.82, 2.24) is 10.6 Å². The number of nitrogens with zero attached hydrogens (tertiary/aromatic N) is 2. The lowest BCUT2D eigenvalue weighted by molar-refractivity contribution is -0.426. The summed E-state index contributed by atoms with van der Waals surface area (Å²) in [5.74, 6) is -0.0377. The van der Waals surface area contributed by atoms with Gasteiger partial charge in [0.15, 0.2) is 16.9 Å². The first-order chi connectivity index (χ1) is 21.3. The van der Waals surface area contributed by atoms with Crippen LogP contribution < -0.4 is 28.0 Å². The lowest BCUT2D eigenvalue weighted by Crippen LogP contribution is -3.00. The fourth-order valence-corrected chi connectivity index (χ4v) is 6.17. The molecule has 8 heteroatoms. The molecule has 0 spiro atoms. The highest BCUT2D eigenvalue weighted by Crippen LogP contribution is 2.51. The largest absolute Gasteiger partial charge is 1.00 e. The smallest absolute Gasteiger partial charge is 0.345 e. The van der Waals surface area contributed by atoms with Crippen LogP contribution in [-0.4, -0.2) is 31.0 Å². The molecule has 0 radical (unpaired) electrons. The van der Waals surface area contributed by atoms with Crippen molar-refractivity contribution < 1.29 is 26.9 Å². The molecule has 2 aliphatic rings. The first-order valence-electron chi connectivity index (χ1n) is 14.6. The van der Waals surface area contributed by atoms with E-state index in [-0.39, 0.29) is 12.4 Å². The van der Waals surface area contributed by atoms with Crippen LogP contribution in [0.2, 0.25) is 0 Å². The first kappa shape index (κ1) is 34.8. The van der Waals surface area contributed by atoms with Gasteiger partial charge in [0.25, 0.3) is 0 Å². The quantitative estimate of drug-likeness (QED) is 0.321. The molecule has 4 aromatic rings. The van der Waals surface area contributed by atoms with E-state index in [0.717, 1.165) is 28.2 Å². The van der Waals surface area contributed by atoms with Crippen molar-refractivity contribution in [2.75, 3.05) is 7.05 Å². The highest BCUT2D eigenvalue weighted by molar-refractivity contribution is 5.79. The highest BCUT2D eigenvalue weighted by Gasteiger charge is 2.67. The van der Waals surface area contributed by atoms with E-state index in [1.165, 1.54) is 13.8 Å². The van der Waals surface area contributed by atoms with Crippen LogP contribution in [0.25, 0.3) is 0 Å². The Kier molecular flexibility index (Phi) is 11.9. The van der Waals surface area contributed by atoms with E-state index < -0.39 is 29.1 Å². The molecule has 2 saturated heterocycles. The average Bonchev–Trinajstić information content (AvgIpc) is 3.33. The minimum Gasteiger partial charge on any atom is -1.00 e. The lowest BCUT2D eigenvalue weighted by atomic mass is 9.69. The molecule has 2 aliphatic heterocycles. The number of nitriles is 2. The van der Waals surface area contributed by atoms with Crippen molar-refractivity contribution in [3.8, 4) is 12.1 Å². The summed E-state index contributed by atoms with van der Waals surface area (Å²) in [5.41, 5.74) is 2.83. The van der Waals surface area contributed by atoms with Crippen LogP contribution >= 0.6 is 0 Å². The number of fused-ring (bicyclic) bond motifs is 1. The van der Waals surface area contributed by atoms with Crippen molar-refractivity contribution in [2.45, 2.75) is 56.8 Å². The minimum absolute atomic E-state index is 0. The summed E-state index contributed by atoms with van der Waals surface area (Å²) in [6.45, 7) is 6.87. The Bertz CT molecular complexity index is 1410. The fourth-order valence-electron chi connectivity index (χ4n) is 6.17. The second-order valence-electron chi connectivity index (χ2n) is 10.9. The van der Waals surface area contributed by atoms with E-state index in [4.69, 9.17) is 20.0 Å². The highest BCUT2D eigenvalue weighted by atomic mass is 35.5. The number of halogens is 1. The van der Waals surface area contributed by atoms with Gasteiger partial charge in [0.1, 0.15) is 12.2 Å². The maximum Gasteiger partial charge on any atom is 0.345 e. The van der Waals surface area contributed by atoms with Crippen LogP contribution in [-0.2, 0) is 20.6 Å². The Balaban J connectivity index is 0.000000733. The topological polar surface area (TPSA) is 104 Å². The lowest BCUT2D eigenvalue weighted by Gasteiger charge is -2.40. The molecular formula is C37H40ClN5O2. The number of hydrogen-bond acceptors (Lipinski definition) is 4. The van der Waals surface area contributed by atoms with Gasteiger partial charge in [0.05, 0.1) is 19.2 Å². The Morgan fingerprint density at radius 3 is 1.04 bits per heavy atom. The van der Waals surface area contributed by atoms with Gasteiger partial charge in [-0.05, 0) is 36.1 Å². The molecule has 3 N–H and O–H groups in total. The summed E-state index contributed by atoms with van der Waals surface area (Å²) in [5, 5.41) is 22.4. The van der Waals surface area contributed by atoms with E-state index >= 15 is 0 Å². The summed E-state index contributed by atoms with van der Waals surface area (Å²) >= 11 is 0. The van der Waals surface area contributed by atoms with Gasteiger partial charge in [-0.15, -0.1) is 0 Å². The molecule has 0 aliphatic carbocycles. The van der Waals surface area contributed by atoms with Crippen LogP contribution in [0.5, 0.6) is 0 Å². The predicted molar refractivity (Wildman–Crippen MR) is 172 cm³/mol. The molecule has 0 unspecified atom stereocenters. The van der Waals surface area contributed by atoms with Gasteiger partial charge >= 0.3 is 5.96 Å². The standard InChI is InChI=1S/C33H33N3O2.2C2H3N.ClH/c1-31(2)37-28-29(38-31)33(26-20-12-6-13-21-26,27-22-14-7-15-23-27)36-30(34-3)35-32(28,24-16-8-4-9-17-24)25-18-10-5-11-19-25;2*1-2-3;/h4-23,28-29H,1-3H3,(H2,34,35,36);2*1H3;1H/t28-,29-;;;/m1.../s1. The number of ether oxygens (including phenoxy) is 2. The number of hydrogen-bond donors (Lipinski definition) is 3. The third-order valence-electron chi connectivity index (χ3n) is 7.76. The predicted octanol–water partition coefficient (Wildman–Crippen LogP) is 1.72. The van der Waals surface area contributed by atoms with Gasteiger partial charge in [0, 0.05) is 13.8 Å². The van der Waals surface area contributed by atoms with Crippen LogP contribution in [0.3, 0.4) is 0 Å². The van der Waals surface area contributed by atoms with E-state index in [9.17, 15) is 0 Å². The van der Waals surface area contributed by atoms with Crippen molar-refractivity contribution in [3.63, 3.8) is 0 Å². The molecule has 0 saturated carbocycles. The van der Waals surface area contributed by atoms with Crippen LogP contribution in [0.15, 0.2) is 121 Å². The van der Waals surface area contributed by atoms with Gasteiger partial charge in [-0.1, -0.05) is 121 Å². The zero-order valence-corrected chi connectivity index (χ0v) is 27.0. The molecule has 4 aromatic carbocycles. The van der Waals surface area contributed by atoms with Crippen LogP contribution in [0.1, 0.15) is 49.9 Å². The summed E-state index contributed by atoms with van der Waals surface area (Å²) in [7, 11) is 1.93. The second kappa shape index (κ2) is 15.4. The molecule has 2 heterocycles. The van der Waals surface area contributed by atoms with Crippen molar-refractivity contribution in [2.24, 2.45) is 0 Å². The second-order valence-corrected chi connectivity index (χ2v) is 10.9. The molecule has 2 atom stereocenters. The maximum atomic E-state index is 7.32. The van der Waals surface area contributed by atoms with E-state index in [0.29, 0.717) is 0 Å². The molecule has 2 fully saturated rings. The van der Waals surface area contributed by atoms with Gasteiger partial charge in [0.2, 0.25) is 0 Å². The monoisotopic (exact) mass is 621 g/mol.